The van der Waals surface area contributed by atoms with E-state index in [1.54, 1.807) is 0 Å². The lowest BCUT2D eigenvalue weighted by molar-refractivity contribution is -0.165. The maximum Gasteiger partial charge on any atom is 0.330 e. The second-order valence-corrected chi connectivity index (χ2v) is 2.82. The van der Waals surface area contributed by atoms with Crippen LogP contribution in [0.3, 0.4) is 0 Å². The van der Waals surface area contributed by atoms with Crippen molar-refractivity contribution in [3.8, 4) is 0 Å². The van der Waals surface area contributed by atoms with Gasteiger partial charge in [0.05, 0.1) is 0 Å². The molecule has 0 spiro atoms. The highest BCUT2D eigenvalue weighted by Gasteiger charge is 2.40. The van der Waals surface area contributed by atoms with Crippen molar-refractivity contribution in [1.82, 2.24) is 0 Å². The Labute approximate surface area is 75.1 Å². The average Bonchev–Trinajstić information content (AvgIpc) is 2.03. The summed E-state index contributed by atoms with van der Waals surface area (Å²) < 4.78 is 51.9. The molecule has 0 aliphatic rings. The molecule has 0 saturated carbocycles. The molecule has 0 aliphatic carbocycles. The molecule has 0 rings (SSSR count). The Balaban J connectivity index is 3.41. The molecular formula is C8H14F4O. The molecule has 0 N–H and O–H groups in total. The van der Waals surface area contributed by atoms with E-state index in [1.807, 2.05) is 6.92 Å². The molecule has 0 unspecified atom stereocenters. The van der Waals surface area contributed by atoms with Crippen molar-refractivity contribution in [3.63, 3.8) is 0 Å². The Morgan fingerprint density at radius 2 is 1.85 bits per heavy atom. The molecule has 0 radical (unpaired) electrons. The highest BCUT2D eigenvalue weighted by atomic mass is 19.3. The molecular weight excluding hydrogens is 188 g/mol. The lowest BCUT2D eigenvalue weighted by atomic mass is 10.3. The third kappa shape index (κ3) is 5.85. The van der Waals surface area contributed by atoms with Crippen LogP contribution in [-0.4, -0.2) is 25.6 Å². The van der Waals surface area contributed by atoms with Gasteiger partial charge in [-0.05, 0) is 6.42 Å². The fourth-order valence-electron chi connectivity index (χ4n) is 0.725. The third-order valence-corrected chi connectivity index (χ3v) is 1.51. The van der Waals surface area contributed by atoms with Crippen LogP contribution in [0.2, 0.25) is 0 Å². The summed E-state index contributed by atoms with van der Waals surface area (Å²) in [4.78, 5) is 0. The number of alkyl halides is 4. The number of halogens is 4. The molecule has 0 bridgehead atoms. The highest BCUT2D eigenvalue weighted by Crippen LogP contribution is 2.22. The summed E-state index contributed by atoms with van der Waals surface area (Å²) in [7, 11) is 0. The number of hydrogen-bond acceptors (Lipinski definition) is 1. The second kappa shape index (κ2) is 6.18. The summed E-state index contributed by atoms with van der Waals surface area (Å²) in [5.74, 6) is -4.01. The molecule has 0 aromatic carbocycles. The Morgan fingerprint density at radius 3 is 2.31 bits per heavy atom. The second-order valence-electron chi connectivity index (χ2n) is 2.82. The molecule has 1 nitrogen and oxygen atoms in total. The summed E-state index contributed by atoms with van der Waals surface area (Å²) in [5, 5.41) is 0. The third-order valence-electron chi connectivity index (χ3n) is 1.51. The Hall–Kier alpha value is -0.320. The van der Waals surface area contributed by atoms with Crippen molar-refractivity contribution in [2.75, 3.05) is 13.2 Å². The van der Waals surface area contributed by atoms with Crippen LogP contribution in [0.1, 0.15) is 26.2 Å². The first kappa shape index (κ1) is 12.7. The van der Waals surface area contributed by atoms with Crippen LogP contribution in [0, 0.1) is 0 Å². The molecule has 0 fully saturated rings. The first-order valence-corrected chi connectivity index (χ1v) is 4.24. The van der Waals surface area contributed by atoms with Gasteiger partial charge in [0.25, 0.3) is 0 Å². The predicted octanol–water partition coefficient (Wildman–Crippen LogP) is 3.09. The normalized spacial score (nSPS) is 12.5. The zero-order chi connectivity index (χ0) is 10.3. The lowest BCUT2D eigenvalue weighted by Gasteiger charge is -2.14. The summed E-state index contributed by atoms with van der Waals surface area (Å²) in [6, 6.07) is 0. The predicted molar refractivity (Wildman–Crippen MR) is 41.3 cm³/mol. The molecule has 5 heteroatoms. The van der Waals surface area contributed by atoms with E-state index in [1.165, 1.54) is 0 Å². The van der Waals surface area contributed by atoms with E-state index in [2.05, 4.69) is 4.74 Å². The van der Waals surface area contributed by atoms with E-state index in [9.17, 15) is 17.6 Å². The van der Waals surface area contributed by atoms with Crippen molar-refractivity contribution in [2.24, 2.45) is 0 Å². The van der Waals surface area contributed by atoms with Gasteiger partial charge in [-0.1, -0.05) is 19.8 Å². The molecule has 0 aromatic rings. The smallest absolute Gasteiger partial charge is 0.330 e. The standard InChI is InChI=1S/C8H14F4O/c1-2-3-4-5-13-6-8(11,12)7(9)10/h7H,2-6H2,1H3. The van der Waals surface area contributed by atoms with E-state index in [4.69, 9.17) is 0 Å². The molecule has 0 amide bonds. The minimum absolute atomic E-state index is 0.121. The van der Waals surface area contributed by atoms with Crippen LogP contribution in [0.25, 0.3) is 0 Å². The van der Waals surface area contributed by atoms with Crippen molar-refractivity contribution in [2.45, 2.75) is 38.5 Å². The van der Waals surface area contributed by atoms with Gasteiger partial charge < -0.3 is 4.74 Å². The largest absolute Gasteiger partial charge is 0.375 e. The fourth-order valence-corrected chi connectivity index (χ4v) is 0.725. The van der Waals surface area contributed by atoms with Crippen LogP contribution >= 0.6 is 0 Å². The van der Waals surface area contributed by atoms with Crippen molar-refractivity contribution >= 4 is 0 Å². The van der Waals surface area contributed by atoms with Crippen LogP contribution < -0.4 is 0 Å². The zero-order valence-electron chi connectivity index (χ0n) is 7.53. The summed E-state index contributed by atoms with van der Waals surface area (Å²) in [6.45, 7) is 0.887. The van der Waals surface area contributed by atoms with Gasteiger partial charge in [-0.3, -0.25) is 0 Å². The maximum absolute atomic E-state index is 12.2. The van der Waals surface area contributed by atoms with E-state index >= 15 is 0 Å². The molecule has 13 heavy (non-hydrogen) atoms. The monoisotopic (exact) mass is 202 g/mol. The summed E-state index contributed by atoms with van der Waals surface area (Å²) in [6.07, 6.45) is -1.20. The lowest BCUT2D eigenvalue weighted by Crippen LogP contribution is -2.32. The molecule has 0 saturated heterocycles. The van der Waals surface area contributed by atoms with Gasteiger partial charge in [0.2, 0.25) is 0 Å². The van der Waals surface area contributed by atoms with Gasteiger partial charge in [0, 0.05) is 6.61 Å². The number of unbranched alkanes of at least 4 members (excludes halogenated alkanes) is 2. The van der Waals surface area contributed by atoms with E-state index in [-0.39, 0.29) is 6.61 Å². The van der Waals surface area contributed by atoms with Gasteiger partial charge >= 0.3 is 12.3 Å². The van der Waals surface area contributed by atoms with E-state index < -0.39 is 19.0 Å². The zero-order valence-corrected chi connectivity index (χ0v) is 7.53. The fraction of sp³-hybridized carbons (Fsp3) is 1.00. The molecule has 0 aliphatic heterocycles. The molecule has 80 valence electrons. The summed E-state index contributed by atoms with van der Waals surface area (Å²) in [5.41, 5.74) is 0. The molecule has 0 heterocycles. The SMILES string of the molecule is CCCCCOCC(F)(F)C(F)F. The summed E-state index contributed by atoms with van der Waals surface area (Å²) >= 11 is 0. The minimum atomic E-state index is -4.01. The average molecular weight is 202 g/mol. The van der Waals surface area contributed by atoms with Gasteiger partial charge in [-0.15, -0.1) is 0 Å². The number of hydrogen-bond donors (Lipinski definition) is 0. The minimum Gasteiger partial charge on any atom is -0.375 e. The first-order valence-electron chi connectivity index (χ1n) is 4.24. The van der Waals surface area contributed by atoms with Crippen LogP contribution in [-0.2, 0) is 4.74 Å². The Bertz CT molecular complexity index is 127. The van der Waals surface area contributed by atoms with Gasteiger partial charge in [-0.25, -0.2) is 8.78 Å². The van der Waals surface area contributed by atoms with Crippen LogP contribution in [0.5, 0.6) is 0 Å². The molecule has 0 atom stereocenters. The number of ether oxygens (including phenoxy) is 1. The number of rotatable bonds is 7. The van der Waals surface area contributed by atoms with Gasteiger partial charge in [-0.2, -0.15) is 8.78 Å². The Morgan fingerprint density at radius 1 is 1.23 bits per heavy atom. The van der Waals surface area contributed by atoms with Gasteiger partial charge in [0.15, 0.2) is 0 Å². The van der Waals surface area contributed by atoms with Gasteiger partial charge in [0.1, 0.15) is 6.61 Å². The van der Waals surface area contributed by atoms with Crippen molar-refractivity contribution in [3.05, 3.63) is 0 Å². The molecule has 0 aromatic heterocycles. The van der Waals surface area contributed by atoms with E-state index in [0.717, 1.165) is 12.8 Å². The first-order chi connectivity index (χ1) is 6.00. The topological polar surface area (TPSA) is 9.23 Å². The van der Waals surface area contributed by atoms with Crippen LogP contribution in [0.4, 0.5) is 17.6 Å². The van der Waals surface area contributed by atoms with Crippen LogP contribution in [0.15, 0.2) is 0 Å². The Kier molecular flexibility index (Phi) is 6.03. The van der Waals surface area contributed by atoms with Crippen molar-refractivity contribution in [1.29, 1.82) is 0 Å². The van der Waals surface area contributed by atoms with Crippen molar-refractivity contribution < 1.29 is 22.3 Å². The quantitative estimate of drug-likeness (QED) is 0.455. The maximum atomic E-state index is 12.2. The highest BCUT2D eigenvalue weighted by molar-refractivity contribution is 4.67. The van der Waals surface area contributed by atoms with E-state index in [0.29, 0.717) is 6.42 Å².